The Kier molecular flexibility index (Phi) is 5.29. The largest absolute Gasteiger partial charge is 0.461 e. The number of nitrogens with one attached hydrogen (secondary N) is 1. The highest BCUT2D eigenvalue weighted by Gasteiger charge is 2.26. The molecular formula is C13H18N2O4. The predicted octanol–water partition coefficient (Wildman–Crippen LogP) is 2.00. The summed E-state index contributed by atoms with van der Waals surface area (Å²) in [6.45, 7) is 4.82. The van der Waals surface area contributed by atoms with Gasteiger partial charge in [-0.1, -0.05) is 17.7 Å². The standard InChI is InChI=1S/C13H18N2O4/c1-9(2)19-13(16)12(8-15(17)18)14-11-6-4-10(3)5-7-11/h4-7,9,12,14H,8H2,1-3H3. The van der Waals surface area contributed by atoms with Crippen LogP contribution in [0.3, 0.4) is 0 Å². The number of hydrogen-bond acceptors (Lipinski definition) is 5. The van der Waals surface area contributed by atoms with Gasteiger partial charge in [0.25, 0.3) is 0 Å². The van der Waals surface area contributed by atoms with Crippen molar-refractivity contribution >= 4 is 11.7 Å². The molecule has 0 saturated carbocycles. The van der Waals surface area contributed by atoms with E-state index in [0.717, 1.165) is 5.56 Å². The molecule has 0 aliphatic rings. The SMILES string of the molecule is Cc1ccc(NC(C[N+](=O)[O-])C(=O)OC(C)C)cc1. The maximum absolute atomic E-state index is 11.8. The first-order valence-electron chi connectivity index (χ1n) is 6.04. The second-order valence-corrected chi connectivity index (χ2v) is 4.56. The van der Waals surface area contributed by atoms with Crippen LogP contribution in [0.2, 0.25) is 0 Å². The summed E-state index contributed by atoms with van der Waals surface area (Å²) in [7, 11) is 0. The summed E-state index contributed by atoms with van der Waals surface area (Å²) in [4.78, 5) is 21.8. The minimum Gasteiger partial charge on any atom is -0.461 e. The highest BCUT2D eigenvalue weighted by atomic mass is 16.6. The number of carbonyl (C=O) groups excluding carboxylic acids is 1. The van der Waals surface area contributed by atoms with E-state index >= 15 is 0 Å². The molecule has 0 aliphatic carbocycles. The number of hydrogen-bond donors (Lipinski definition) is 1. The lowest BCUT2D eigenvalue weighted by atomic mass is 10.2. The van der Waals surface area contributed by atoms with Crippen LogP contribution in [0.1, 0.15) is 19.4 Å². The van der Waals surface area contributed by atoms with E-state index in [1.165, 1.54) is 0 Å². The van der Waals surface area contributed by atoms with Crippen molar-refractivity contribution in [3.63, 3.8) is 0 Å². The average Bonchev–Trinajstić information content (AvgIpc) is 2.29. The van der Waals surface area contributed by atoms with Crippen molar-refractivity contribution in [2.45, 2.75) is 32.9 Å². The van der Waals surface area contributed by atoms with E-state index in [1.54, 1.807) is 26.0 Å². The molecule has 0 spiro atoms. The third-order valence-corrected chi connectivity index (χ3v) is 2.36. The van der Waals surface area contributed by atoms with Gasteiger partial charge in [0.15, 0.2) is 6.04 Å². The van der Waals surface area contributed by atoms with E-state index < -0.39 is 23.5 Å². The van der Waals surface area contributed by atoms with Gasteiger partial charge < -0.3 is 10.1 Å². The molecule has 0 heterocycles. The Morgan fingerprint density at radius 2 is 1.95 bits per heavy atom. The van der Waals surface area contributed by atoms with Crippen molar-refractivity contribution in [3.05, 3.63) is 39.9 Å². The van der Waals surface area contributed by atoms with Crippen LogP contribution in [-0.4, -0.2) is 29.6 Å². The van der Waals surface area contributed by atoms with Gasteiger partial charge in [-0.25, -0.2) is 4.79 Å². The third-order valence-electron chi connectivity index (χ3n) is 2.36. The van der Waals surface area contributed by atoms with Crippen molar-refractivity contribution in [2.75, 3.05) is 11.9 Å². The van der Waals surface area contributed by atoms with Gasteiger partial charge in [0.2, 0.25) is 6.54 Å². The molecule has 19 heavy (non-hydrogen) atoms. The second kappa shape index (κ2) is 6.72. The molecular weight excluding hydrogens is 248 g/mol. The molecule has 0 aromatic heterocycles. The topological polar surface area (TPSA) is 81.5 Å². The smallest absolute Gasteiger partial charge is 0.335 e. The summed E-state index contributed by atoms with van der Waals surface area (Å²) in [5, 5.41) is 13.4. The monoisotopic (exact) mass is 266 g/mol. The van der Waals surface area contributed by atoms with E-state index in [0.29, 0.717) is 5.69 Å². The molecule has 1 aromatic rings. The summed E-state index contributed by atoms with van der Waals surface area (Å²) < 4.78 is 5.00. The van der Waals surface area contributed by atoms with Crippen LogP contribution in [0.5, 0.6) is 0 Å². The van der Waals surface area contributed by atoms with E-state index in [9.17, 15) is 14.9 Å². The minimum absolute atomic E-state index is 0.304. The Labute approximate surface area is 111 Å². The number of nitro groups is 1. The highest BCUT2D eigenvalue weighted by molar-refractivity contribution is 5.79. The minimum atomic E-state index is -0.986. The predicted molar refractivity (Wildman–Crippen MR) is 71.7 cm³/mol. The third kappa shape index (κ3) is 5.37. The lowest BCUT2D eigenvalue weighted by Crippen LogP contribution is -2.38. The number of rotatable bonds is 6. The van der Waals surface area contributed by atoms with Crippen LogP contribution in [-0.2, 0) is 9.53 Å². The Morgan fingerprint density at radius 1 is 1.37 bits per heavy atom. The summed E-state index contributed by atoms with van der Waals surface area (Å²) in [6.07, 6.45) is -0.304. The van der Waals surface area contributed by atoms with Gasteiger partial charge in [-0.2, -0.15) is 0 Å². The normalized spacial score (nSPS) is 12.0. The number of esters is 1. The van der Waals surface area contributed by atoms with E-state index in [-0.39, 0.29) is 6.10 Å². The molecule has 1 N–H and O–H groups in total. The maximum atomic E-state index is 11.8. The Balaban J connectivity index is 2.76. The molecule has 6 nitrogen and oxygen atoms in total. The zero-order chi connectivity index (χ0) is 14.4. The molecule has 1 aromatic carbocycles. The molecule has 0 fully saturated rings. The van der Waals surface area contributed by atoms with Crippen molar-refractivity contribution in [1.82, 2.24) is 0 Å². The average molecular weight is 266 g/mol. The fourth-order valence-electron chi connectivity index (χ4n) is 1.49. The van der Waals surface area contributed by atoms with Gasteiger partial charge in [0.1, 0.15) is 0 Å². The Hall–Kier alpha value is -2.11. The first-order chi connectivity index (χ1) is 8.88. The van der Waals surface area contributed by atoms with E-state index in [1.807, 2.05) is 19.1 Å². The summed E-state index contributed by atoms with van der Waals surface area (Å²) in [5.41, 5.74) is 1.72. The first kappa shape index (κ1) is 14.9. The molecule has 6 heteroatoms. The Bertz CT molecular complexity index is 442. The number of aryl methyl sites for hydroxylation is 1. The van der Waals surface area contributed by atoms with Crippen molar-refractivity contribution in [2.24, 2.45) is 0 Å². The van der Waals surface area contributed by atoms with Crippen LogP contribution < -0.4 is 5.32 Å². The van der Waals surface area contributed by atoms with Crippen LogP contribution >= 0.6 is 0 Å². The van der Waals surface area contributed by atoms with Gasteiger partial charge in [-0.3, -0.25) is 10.1 Å². The van der Waals surface area contributed by atoms with Gasteiger partial charge in [0, 0.05) is 10.6 Å². The number of nitrogens with zero attached hydrogens (tertiary/aromatic N) is 1. The first-order valence-corrected chi connectivity index (χ1v) is 6.04. The quantitative estimate of drug-likeness (QED) is 0.484. The van der Waals surface area contributed by atoms with Crippen molar-refractivity contribution in [1.29, 1.82) is 0 Å². The fraction of sp³-hybridized carbons (Fsp3) is 0.462. The van der Waals surface area contributed by atoms with Gasteiger partial charge in [-0.05, 0) is 32.9 Å². The number of benzene rings is 1. The Morgan fingerprint density at radius 3 is 2.42 bits per heavy atom. The van der Waals surface area contributed by atoms with Crippen LogP contribution in [0.15, 0.2) is 24.3 Å². The lowest BCUT2D eigenvalue weighted by Gasteiger charge is -2.17. The molecule has 1 rings (SSSR count). The molecule has 0 bridgehead atoms. The number of anilines is 1. The van der Waals surface area contributed by atoms with Gasteiger partial charge in [0.05, 0.1) is 6.10 Å². The van der Waals surface area contributed by atoms with Crippen LogP contribution in [0, 0.1) is 17.0 Å². The maximum Gasteiger partial charge on any atom is 0.335 e. The van der Waals surface area contributed by atoms with Crippen molar-refractivity contribution < 1.29 is 14.5 Å². The molecule has 0 radical (unpaired) electrons. The molecule has 0 aliphatic heterocycles. The molecule has 1 atom stereocenters. The van der Waals surface area contributed by atoms with E-state index in [2.05, 4.69) is 5.32 Å². The van der Waals surface area contributed by atoms with Gasteiger partial charge in [-0.15, -0.1) is 0 Å². The molecule has 0 amide bonds. The zero-order valence-electron chi connectivity index (χ0n) is 11.3. The molecule has 104 valence electrons. The van der Waals surface area contributed by atoms with Crippen LogP contribution in [0.4, 0.5) is 5.69 Å². The second-order valence-electron chi connectivity index (χ2n) is 4.56. The molecule has 0 saturated heterocycles. The highest BCUT2D eigenvalue weighted by Crippen LogP contribution is 2.11. The number of carbonyl (C=O) groups is 1. The lowest BCUT2D eigenvalue weighted by molar-refractivity contribution is -0.480. The summed E-state index contributed by atoms with van der Waals surface area (Å²) in [6, 6.07) is 6.27. The fourth-order valence-corrected chi connectivity index (χ4v) is 1.49. The van der Waals surface area contributed by atoms with Crippen molar-refractivity contribution in [3.8, 4) is 0 Å². The van der Waals surface area contributed by atoms with E-state index in [4.69, 9.17) is 4.74 Å². The van der Waals surface area contributed by atoms with Gasteiger partial charge >= 0.3 is 5.97 Å². The van der Waals surface area contributed by atoms with Crippen LogP contribution in [0.25, 0.3) is 0 Å². The summed E-state index contributed by atoms with van der Waals surface area (Å²) in [5.74, 6) is -0.618. The summed E-state index contributed by atoms with van der Waals surface area (Å²) >= 11 is 0. The zero-order valence-corrected chi connectivity index (χ0v) is 11.3. The molecule has 1 unspecified atom stereocenters. The number of ether oxygens (including phenoxy) is 1.